The molecule has 0 bridgehead atoms. The van der Waals surface area contributed by atoms with Gasteiger partial charge in [0, 0.05) is 18.7 Å². The molecule has 1 fully saturated rings. The van der Waals surface area contributed by atoms with Gasteiger partial charge in [0.1, 0.15) is 5.82 Å². The van der Waals surface area contributed by atoms with Crippen LogP contribution in [0.2, 0.25) is 0 Å². The molecule has 2 heterocycles. The van der Waals surface area contributed by atoms with E-state index in [1.807, 2.05) is 0 Å². The molecule has 0 N–H and O–H groups in total. The third-order valence-electron chi connectivity index (χ3n) is 3.94. The summed E-state index contributed by atoms with van der Waals surface area (Å²) in [4.78, 5) is 26.2. The predicted molar refractivity (Wildman–Crippen MR) is 86.5 cm³/mol. The van der Waals surface area contributed by atoms with Crippen LogP contribution in [-0.2, 0) is 4.84 Å². The van der Waals surface area contributed by atoms with Crippen molar-refractivity contribution in [3.63, 3.8) is 0 Å². The first-order valence-corrected chi connectivity index (χ1v) is 7.69. The molecule has 0 saturated carbocycles. The molecule has 0 radical (unpaired) electrons. The molecule has 1 aliphatic heterocycles. The number of carbonyl (C=O) groups excluding carboxylic acids is 1. The van der Waals surface area contributed by atoms with E-state index in [0.717, 1.165) is 25.1 Å². The fourth-order valence-electron chi connectivity index (χ4n) is 2.45. The van der Waals surface area contributed by atoms with E-state index in [0.29, 0.717) is 22.3 Å². The number of aromatic nitrogens is 2. The number of halogens is 1. The predicted octanol–water partition coefficient (Wildman–Crippen LogP) is 3.21. The Morgan fingerprint density at radius 2 is 1.88 bits per heavy atom. The minimum atomic E-state index is -0.388. The summed E-state index contributed by atoms with van der Waals surface area (Å²) >= 11 is 0. The molecule has 0 spiro atoms. The molecule has 0 unspecified atom stereocenters. The van der Waals surface area contributed by atoms with Crippen LogP contribution in [0.15, 0.2) is 48.7 Å². The Bertz CT molecular complexity index is 908. The molecule has 3 aromatic rings. The number of hydrogen-bond acceptors (Lipinski definition) is 5. The highest BCUT2D eigenvalue weighted by molar-refractivity contribution is 5.93. The van der Waals surface area contributed by atoms with E-state index in [9.17, 15) is 9.18 Å². The van der Waals surface area contributed by atoms with E-state index in [1.165, 1.54) is 12.1 Å². The minimum absolute atomic E-state index is 0.294. The Morgan fingerprint density at radius 1 is 1.08 bits per heavy atom. The number of hydroxylamine groups is 2. The van der Waals surface area contributed by atoms with Gasteiger partial charge in [-0.2, -0.15) is 0 Å². The van der Waals surface area contributed by atoms with Crippen LogP contribution in [0.25, 0.3) is 22.3 Å². The van der Waals surface area contributed by atoms with Gasteiger partial charge >= 0.3 is 5.97 Å². The van der Waals surface area contributed by atoms with Crippen LogP contribution < -0.4 is 0 Å². The molecule has 0 aliphatic carbocycles. The molecule has 1 saturated heterocycles. The lowest BCUT2D eigenvalue weighted by molar-refractivity contribution is -0.147. The number of carbonyl (C=O) groups is 1. The molecule has 24 heavy (non-hydrogen) atoms. The van der Waals surface area contributed by atoms with Crippen molar-refractivity contribution in [2.45, 2.75) is 6.42 Å². The zero-order valence-corrected chi connectivity index (χ0v) is 12.8. The maximum absolute atomic E-state index is 13.0. The Balaban J connectivity index is 1.62. The van der Waals surface area contributed by atoms with E-state index < -0.39 is 0 Å². The van der Waals surface area contributed by atoms with Gasteiger partial charge in [0.15, 0.2) is 0 Å². The smallest absolute Gasteiger partial charge is 0.357 e. The Morgan fingerprint density at radius 3 is 2.58 bits per heavy atom. The van der Waals surface area contributed by atoms with Crippen LogP contribution in [0.1, 0.15) is 16.8 Å². The van der Waals surface area contributed by atoms with E-state index in [2.05, 4.69) is 9.97 Å². The molecule has 0 amide bonds. The fraction of sp³-hybridized carbons (Fsp3) is 0.167. The van der Waals surface area contributed by atoms with Gasteiger partial charge in [0.2, 0.25) is 0 Å². The monoisotopic (exact) mass is 323 g/mol. The maximum Gasteiger partial charge on any atom is 0.357 e. The van der Waals surface area contributed by atoms with E-state index in [4.69, 9.17) is 4.84 Å². The highest BCUT2D eigenvalue weighted by Gasteiger charge is 2.20. The molecule has 6 heteroatoms. The quantitative estimate of drug-likeness (QED) is 0.741. The molecule has 5 nitrogen and oxygen atoms in total. The Hall–Kier alpha value is -2.86. The highest BCUT2D eigenvalue weighted by atomic mass is 19.1. The van der Waals surface area contributed by atoms with Crippen molar-refractivity contribution >= 4 is 17.0 Å². The van der Waals surface area contributed by atoms with Crippen molar-refractivity contribution in [3.05, 3.63) is 60.0 Å². The summed E-state index contributed by atoms with van der Waals surface area (Å²) in [5.41, 5.74) is 3.15. The number of hydrogen-bond donors (Lipinski definition) is 0. The number of benzene rings is 2. The molecule has 2 aromatic carbocycles. The zero-order chi connectivity index (χ0) is 16.5. The standard InChI is InChI=1S/C18H14FN3O2/c19-14-5-2-12(3-6-14)17-11-20-16-10-13(4-7-15(16)21-17)18(23)24-22-8-1-9-22/h2-7,10-11H,1,8-9H2. The Labute approximate surface area is 137 Å². The van der Waals surface area contributed by atoms with Crippen LogP contribution >= 0.6 is 0 Å². The number of fused-ring (bicyclic) bond motifs is 1. The van der Waals surface area contributed by atoms with Gasteiger partial charge in [-0.1, -0.05) is 0 Å². The van der Waals surface area contributed by atoms with Crippen LogP contribution in [-0.4, -0.2) is 34.1 Å². The largest absolute Gasteiger partial charge is 0.364 e. The molecule has 1 aliphatic rings. The van der Waals surface area contributed by atoms with Gasteiger partial charge in [0.25, 0.3) is 0 Å². The summed E-state index contributed by atoms with van der Waals surface area (Å²) in [6.07, 6.45) is 2.66. The van der Waals surface area contributed by atoms with Crippen molar-refractivity contribution in [1.82, 2.24) is 15.0 Å². The van der Waals surface area contributed by atoms with Gasteiger partial charge in [0.05, 0.1) is 28.5 Å². The third-order valence-corrected chi connectivity index (χ3v) is 3.94. The summed E-state index contributed by atoms with van der Waals surface area (Å²) in [5.74, 6) is -0.682. The van der Waals surface area contributed by atoms with E-state index in [1.54, 1.807) is 41.6 Å². The van der Waals surface area contributed by atoms with Crippen LogP contribution in [0.5, 0.6) is 0 Å². The van der Waals surface area contributed by atoms with Crippen molar-refractivity contribution in [2.75, 3.05) is 13.1 Å². The molecule has 4 rings (SSSR count). The summed E-state index contributed by atoms with van der Waals surface area (Å²) in [5, 5.41) is 1.63. The average molecular weight is 323 g/mol. The maximum atomic E-state index is 13.0. The second kappa shape index (κ2) is 5.98. The molecular weight excluding hydrogens is 309 g/mol. The zero-order valence-electron chi connectivity index (χ0n) is 12.8. The van der Waals surface area contributed by atoms with Gasteiger partial charge < -0.3 is 4.84 Å². The van der Waals surface area contributed by atoms with Crippen molar-refractivity contribution in [3.8, 4) is 11.3 Å². The summed E-state index contributed by atoms with van der Waals surface area (Å²) < 4.78 is 13.0. The van der Waals surface area contributed by atoms with Crippen LogP contribution in [0.4, 0.5) is 4.39 Å². The second-order valence-corrected chi connectivity index (χ2v) is 5.63. The first-order chi connectivity index (χ1) is 11.7. The molecule has 0 atom stereocenters. The highest BCUT2D eigenvalue weighted by Crippen LogP contribution is 2.21. The first kappa shape index (κ1) is 14.7. The number of nitrogens with zero attached hydrogens (tertiary/aromatic N) is 3. The normalized spacial score (nSPS) is 14.4. The van der Waals surface area contributed by atoms with Crippen molar-refractivity contribution < 1.29 is 14.0 Å². The average Bonchev–Trinajstić information content (AvgIpc) is 2.57. The van der Waals surface area contributed by atoms with Crippen LogP contribution in [0, 0.1) is 5.82 Å². The van der Waals surface area contributed by atoms with Crippen molar-refractivity contribution in [2.24, 2.45) is 0 Å². The van der Waals surface area contributed by atoms with E-state index >= 15 is 0 Å². The van der Waals surface area contributed by atoms with Gasteiger partial charge in [-0.15, -0.1) is 5.06 Å². The number of rotatable bonds is 3. The van der Waals surface area contributed by atoms with Gasteiger partial charge in [-0.3, -0.25) is 4.98 Å². The summed E-state index contributed by atoms with van der Waals surface area (Å²) in [6.45, 7) is 1.56. The fourth-order valence-corrected chi connectivity index (χ4v) is 2.45. The van der Waals surface area contributed by atoms with Gasteiger partial charge in [-0.25, -0.2) is 14.2 Å². The Kier molecular flexibility index (Phi) is 3.66. The lowest BCUT2D eigenvalue weighted by Gasteiger charge is -2.28. The lowest BCUT2D eigenvalue weighted by Crippen LogP contribution is -2.38. The first-order valence-electron chi connectivity index (χ1n) is 7.69. The van der Waals surface area contributed by atoms with Crippen molar-refractivity contribution in [1.29, 1.82) is 0 Å². The third kappa shape index (κ3) is 2.83. The summed E-state index contributed by atoms with van der Waals surface area (Å²) in [7, 11) is 0. The van der Waals surface area contributed by atoms with Gasteiger partial charge in [-0.05, 0) is 48.9 Å². The lowest BCUT2D eigenvalue weighted by atomic mass is 10.1. The minimum Gasteiger partial charge on any atom is -0.364 e. The second-order valence-electron chi connectivity index (χ2n) is 5.63. The van der Waals surface area contributed by atoms with E-state index in [-0.39, 0.29) is 11.8 Å². The topological polar surface area (TPSA) is 55.3 Å². The molecule has 1 aromatic heterocycles. The summed E-state index contributed by atoms with van der Waals surface area (Å²) in [6, 6.07) is 11.2. The SMILES string of the molecule is O=C(ON1CCC1)c1ccc2nc(-c3ccc(F)cc3)cnc2c1. The molecule has 120 valence electrons. The van der Waals surface area contributed by atoms with Crippen LogP contribution in [0.3, 0.4) is 0 Å². The molecular formula is C18H14FN3O2.